The lowest BCUT2D eigenvalue weighted by Crippen LogP contribution is -2.46. The van der Waals surface area contributed by atoms with Crippen molar-refractivity contribution in [2.24, 2.45) is 5.10 Å². The van der Waals surface area contributed by atoms with Gasteiger partial charge in [0, 0.05) is 0 Å². The summed E-state index contributed by atoms with van der Waals surface area (Å²) in [7, 11) is 1.67. The third-order valence-corrected chi connectivity index (χ3v) is 4.42. The smallest absolute Gasteiger partial charge is 0.223 e. The van der Waals surface area contributed by atoms with Crippen molar-refractivity contribution in [1.29, 1.82) is 0 Å². The van der Waals surface area contributed by atoms with E-state index in [-0.39, 0.29) is 0 Å². The van der Waals surface area contributed by atoms with Gasteiger partial charge < -0.3 is 4.74 Å². The van der Waals surface area contributed by atoms with Gasteiger partial charge >= 0.3 is 0 Å². The van der Waals surface area contributed by atoms with Crippen LogP contribution in [0.3, 0.4) is 0 Å². The molecule has 0 saturated carbocycles. The summed E-state index contributed by atoms with van der Waals surface area (Å²) in [6, 6.07) is 24.4. The number of hydrazine groups is 2. The van der Waals surface area contributed by atoms with Crippen molar-refractivity contribution in [2.45, 2.75) is 13.8 Å². The molecule has 0 unspecified atom stereocenters. The van der Waals surface area contributed by atoms with Gasteiger partial charge in [0.1, 0.15) is 5.75 Å². The summed E-state index contributed by atoms with van der Waals surface area (Å²) >= 11 is 0. The summed E-state index contributed by atoms with van der Waals surface area (Å²) in [5.41, 5.74) is 5.28. The van der Waals surface area contributed by atoms with Gasteiger partial charge in [-0.25, -0.2) is 5.01 Å². The normalized spacial score (nSPS) is 13.4. The van der Waals surface area contributed by atoms with Gasteiger partial charge in [0.2, 0.25) is 6.34 Å². The van der Waals surface area contributed by atoms with Gasteiger partial charge in [0.25, 0.3) is 0 Å². The minimum Gasteiger partial charge on any atom is -0.497 e. The lowest BCUT2D eigenvalue weighted by Gasteiger charge is -2.34. The van der Waals surface area contributed by atoms with Crippen LogP contribution in [-0.2, 0) is 0 Å². The van der Waals surface area contributed by atoms with Crippen LogP contribution in [0.5, 0.6) is 5.75 Å². The van der Waals surface area contributed by atoms with Gasteiger partial charge in [-0.1, -0.05) is 29.8 Å². The molecule has 0 amide bonds. The molecule has 1 heterocycles. The van der Waals surface area contributed by atoms with Gasteiger partial charge in [-0.2, -0.15) is 10.2 Å². The van der Waals surface area contributed by atoms with E-state index in [4.69, 9.17) is 4.74 Å². The Labute approximate surface area is 159 Å². The fraction of sp³-hybridized carbons (Fsp3) is 0.136. The number of aryl methyl sites for hydroxylation is 2. The van der Waals surface area contributed by atoms with Crippen molar-refractivity contribution in [1.82, 2.24) is 0 Å². The summed E-state index contributed by atoms with van der Waals surface area (Å²) in [6.45, 7) is 4.15. The van der Waals surface area contributed by atoms with Gasteiger partial charge in [0.05, 0.1) is 24.2 Å². The Hall–Kier alpha value is -3.47. The highest BCUT2D eigenvalue weighted by Crippen LogP contribution is 2.32. The van der Waals surface area contributed by atoms with Crippen molar-refractivity contribution in [2.75, 3.05) is 22.4 Å². The van der Waals surface area contributed by atoms with Crippen LogP contribution in [0.15, 0.2) is 77.9 Å². The topological polar surface area (TPSA) is 31.3 Å². The van der Waals surface area contributed by atoms with E-state index in [0.29, 0.717) is 0 Å². The summed E-state index contributed by atoms with van der Waals surface area (Å²) in [6.07, 6.45) is 3.12. The van der Waals surface area contributed by atoms with Gasteiger partial charge in [-0.05, 0) is 67.9 Å². The van der Waals surface area contributed by atoms with Crippen LogP contribution >= 0.6 is 0 Å². The van der Waals surface area contributed by atoms with Gasteiger partial charge in [-0.15, -0.1) is 5.10 Å². The van der Waals surface area contributed by atoms with Gasteiger partial charge in [0.15, 0.2) is 0 Å². The summed E-state index contributed by atoms with van der Waals surface area (Å²) in [4.78, 5) is 0. The average molecular weight is 357 g/mol. The molecule has 0 atom stereocenters. The van der Waals surface area contributed by atoms with Crippen LogP contribution in [0.2, 0.25) is 0 Å². The second-order valence-corrected chi connectivity index (χ2v) is 6.46. The maximum Gasteiger partial charge on any atom is 0.223 e. The number of benzene rings is 3. The second-order valence-electron chi connectivity index (χ2n) is 6.46. The predicted octanol–water partition coefficient (Wildman–Crippen LogP) is 4.80. The fourth-order valence-electron chi connectivity index (χ4n) is 2.97. The average Bonchev–Trinajstić information content (AvgIpc) is 3.14. The zero-order valence-electron chi connectivity index (χ0n) is 15.6. The van der Waals surface area contributed by atoms with E-state index in [9.17, 15) is 0 Å². The number of hydrogen-bond donors (Lipinski definition) is 0. The van der Waals surface area contributed by atoms with E-state index in [2.05, 4.69) is 61.7 Å². The maximum atomic E-state index is 5.30. The van der Waals surface area contributed by atoms with Crippen LogP contribution in [0.4, 0.5) is 17.1 Å². The number of hydrazone groups is 1. The lowest BCUT2D eigenvalue weighted by molar-refractivity contribution is 0.415. The van der Waals surface area contributed by atoms with Crippen LogP contribution in [-0.4, -0.2) is 13.4 Å². The van der Waals surface area contributed by atoms with E-state index in [1.165, 1.54) is 11.1 Å². The highest BCUT2D eigenvalue weighted by molar-refractivity contribution is 5.88. The third kappa shape index (κ3) is 3.31. The number of anilines is 3. The van der Waals surface area contributed by atoms with E-state index in [1.807, 2.05) is 51.6 Å². The zero-order valence-corrected chi connectivity index (χ0v) is 15.6. The number of ether oxygens (including phenoxy) is 1. The largest absolute Gasteiger partial charge is 0.497 e. The summed E-state index contributed by atoms with van der Waals surface area (Å²) in [5, 5.41) is 10.3. The molecule has 1 aliphatic rings. The molecule has 1 aliphatic heterocycles. The molecule has 0 fully saturated rings. The quantitative estimate of drug-likeness (QED) is 0.671. The van der Waals surface area contributed by atoms with Gasteiger partial charge in [-0.3, -0.25) is 0 Å². The highest BCUT2D eigenvalue weighted by atomic mass is 16.5. The molecule has 0 saturated heterocycles. The minimum absolute atomic E-state index is 0.812. The first-order chi connectivity index (χ1) is 13.2. The Morgan fingerprint density at radius 2 is 1.48 bits per heavy atom. The fourth-order valence-corrected chi connectivity index (χ4v) is 2.97. The first kappa shape index (κ1) is 17.0. The van der Waals surface area contributed by atoms with Crippen LogP contribution in [0.25, 0.3) is 0 Å². The Kier molecular flexibility index (Phi) is 4.42. The Morgan fingerprint density at radius 1 is 0.778 bits per heavy atom. The Bertz CT molecular complexity index is 951. The molecular formula is C22H21N4O. The maximum absolute atomic E-state index is 5.30. The minimum atomic E-state index is 0.812. The molecule has 3 aromatic rings. The lowest BCUT2D eigenvalue weighted by atomic mass is 10.2. The molecule has 4 rings (SSSR count). The number of rotatable bonds is 4. The molecule has 0 spiro atoms. The molecule has 0 N–H and O–H groups in total. The molecule has 0 aliphatic carbocycles. The number of methoxy groups -OCH3 is 1. The van der Waals surface area contributed by atoms with Crippen molar-refractivity contribution >= 4 is 23.4 Å². The Balaban J connectivity index is 1.77. The molecule has 0 bridgehead atoms. The molecule has 5 heteroatoms. The molecule has 1 radical (unpaired) electrons. The molecular weight excluding hydrogens is 336 g/mol. The molecule has 135 valence electrons. The second kappa shape index (κ2) is 7.03. The van der Waals surface area contributed by atoms with E-state index < -0.39 is 0 Å². The van der Waals surface area contributed by atoms with Crippen molar-refractivity contribution in [3.05, 3.63) is 83.9 Å². The van der Waals surface area contributed by atoms with Crippen LogP contribution in [0.1, 0.15) is 11.1 Å². The standard InChI is InChI=1S/C22H21N4O/c1-17-7-9-19(10-8-17)25-23-16-24(21-6-4-5-18(2)15-21)26(25)20-11-13-22(27-3)14-12-20/h4-15H,1-3H3. The van der Waals surface area contributed by atoms with Crippen LogP contribution in [0, 0.1) is 13.8 Å². The molecule has 3 aromatic carbocycles. The number of nitrogens with zero attached hydrogens (tertiary/aromatic N) is 4. The monoisotopic (exact) mass is 357 g/mol. The number of hydrogen-bond acceptors (Lipinski definition) is 5. The summed E-state index contributed by atoms with van der Waals surface area (Å²) in [5.74, 6) is 0.812. The zero-order chi connectivity index (χ0) is 18.8. The first-order valence-electron chi connectivity index (χ1n) is 8.79. The van der Waals surface area contributed by atoms with Crippen molar-refractivity contribution in [3.63, 3.8) is 0 Å². The molecule has 5 nitrogen and oxygen atoms in total. The Morgan fingerprint density at radius 3 is 2.15 bits per heavy atom. The van der Waals surface area contributed by atoms with Crippen molar-refractivity contribution in [3.8, 4) is 5.75 Å². The molecule has 27 heavy (non-hydrogen) atoms. The SMILES string of the molecule is COc1ccc(N2N(c3cccc(C)c3)[C]=NN2c2ccc(C)cc2)cc1. The highest BCUT2D eigenvalue weighted by Gasteiger charge is 2.29. The first-order valence-corrected chi connectivity index (χ1v) is 8.79. The summed E-state index contributed by atoms with van der Waals surface area (Å²) < 4.78 is 5.30. The van der Waals surface area contributed by atoms with Crippen LogP contribution < -0.4 is 20.0 Å². The van der Waals surface area contributed by atoms with Crippen molar-refractivity contribution < 1.29 is 4.74 Å². The van der Waals surface area contributed by atoms with E-state index in [1.54, 1.807) is 7.11 Å². The predicted molar refractivity (Wildman–Crippen MR) is 110 cm³/mol. The van der Waals surface area contributed by atoms with E-state index in [0.717, 1.165) is 22.8 Å². The molecule has 0 aromatic heterocycles. The third-order valence-electron chi connectivity index (χ3n) is 4.42. The van der Waals surface area contributed by atoms with E-state index >= 15 is 0 Å².